The molecular weight excluding hydrogens is 375 g/mol. The maximum Gasteiger partial charge on any atom is 0.191 e. The number of halogens is 1. The fourth-order valence-electron chi connectivity index (χ4n) is 3.47. The Balaban J connectivity index is 1.55. The van der Waals surface area contributed by atoms with E-state index < -0.39 is 0 Å². The van der Waals surface area contributed by atoms with Gasteiger partial charge in [0, 0.05) is 25.0 Å². The first-order chi connectivity index (χ1) is 13.7. The van der Waals surface area contributed by atoms with Crippen molar-refractivity contribution in [3.63, 3.8) is 0 Å². The van der Waals surface area contributed by atoms with E-state index in [4.69, 9.17) is 4.74 Å². The van der Waals surface area contributed by atoms with E-state index >= 15 is 0 Å². The third-order valence-corrected chi connectivity index (χ3v) is 5.87. The smallest absolute Gasteiger partial charge is 0.191 e. The second kappa shape index (κ2) is 10.4. The number of ether oxygens (including phenoxy) is 1. The fourth-order valence-corrected chi connectivity index (χ4v) is 4.33. The van der Waals surface area contributed by atoms with Crippen LogP contribution in [-0.2, 0) is 6.54 Å². The summed E-state index contributed by atoms with van der Waals surface area (Å²) in [7, 11) is 1.75. The average molecular weight is 405 g/mol. The normalized spacial score (nSPS) is 16.2. The van der Waals surface area contributed by atoms with Gasteiger partial charge in [0.15, 0.2) is 17.5 Å². The highest BCUT2D eigenvalue weighted by molar-refractivity contribution is 7.10. The summed E-state index contributed by atoms with van der Waals surface area (Å²) in [5.74, 6) is 0.670. The Labute approximate surface area is 170 Å². The molecule has 5 nitrogen and oxygen atoms in total. The molecule has 1 aliphatic heterocycles. The number of guanidine groups is 1. The summed E-state index contributed by atoms with van der Waals surface area (Å²) < 4.78 is 19.3. The molecule has 7 heteroatoms. The molecule has 3 rings (SSSR count). The van der Waals surface area contributed by atoms with Gasteiger partial charge < -0.3 is 15.4 Å². The molecule has 2 N–H and O–H groups in total. The number of nitrogens with zero attached hydrogens (tertiary/aromatic N) is 2. The molecule has 1 aliphatic rings. The van der Waals surface area contributed by atoms with Crippen molar-refractivity contribution in [2.24, 2.45) is 4.99 Å². The van der Waals surface area contributed by atoms with Crippen LogP contribution in [0, 0.1) is 5.82 Å². The quantitative estimate of drug-likeness (QED) is 0.519. The van der Waals surface area contributed by atoms with E-state index in [1.807, 2.05) is 13.0 Å². The number of rotatable bonds is 8. The van der Waals surface area contributed by atoms with Crippen molar-refractivity contribution < 1.29 is 9.13 Å². The number of hydrogen-bond acceptors (Lipinski definition) is 4. The van der Waals surface area contributed by atoms with Crippen LogP contribution in [0.2, 0.25) is 0 Å². The summed E-state index contributed by atoms with van der Waals surface area (Å²) in [5, 5.41) is 8.84. The predicted octanol–water partition coefficient (Wildman–Crippen LogP) is 3.79. The van der Waals surface area contributed by atoms with Crippen molar-refractivity contribution in [3.8, 4) is 5.75 Å². The molecule has 152 valence electrons. The lowest BCUT2D eigenvalue weighted by Crippen LogP contribution is -2.42. The van der Waals surface area contributed by atoms with Gasteiger partial charge in [-0.1, -0.05) is 12.1 Å². The van der Waals surface area contributed by atoms with Gasteiger partial charge in [0.05, 0.1) is 12.6 Å². The molecule has 0 saturated carbocycles. The van der Waals surface area contributed by atoms with Crippen molar-refractivity contribution in [2.75, 3.05) is 33.3 Å². The molecular formula is C21H29FN4OS. The molecule has 0 aliphatic carbocycles. The van der Waals surface area contributed by atoms with E-state index in [2.05, 4.69) is 38.0 Å². The first-order valence-electron chi connectivity index (χ1n) is 9.84. The van der Waals surface area contributed by atoms with Crippen molar-refractivity contribution >= 4 is 17.3 Å². The second-order valence-electron chi connectivity index (χ2n) is 6.78. The molecule has 2 heterocycles. The molecule has 1 fully saturated rings. The Morgan fingerprint density at radius 1 is 1.29 bits per heavy atom. The van der Waals surface area contributed by atoms with Crippen LogP contribution in [0.25, 0.3) is 0 Å². The SMILES string of the molecule is CCOc1ccc(CNC(=NC)NCC(c2cccs2)N2CCCC2)cc1F. The van der Waals surface area contributed by atoms with E-state index in [0.29, 0.717) is 19.2 Å². The zero-order chi connectivity index (χ0) is 19.8. The van der Waals surface area contributed by atoms with Crippen molar-refractivity contribution in [1.29, 1.82) is 0 Å². The Hall–Kier alpha value is -2.12. The minimum Gasteiger partial charge on any atom is -0.491 e. The van der Waals surface area contributed by atoms with E-state index in [1.54, 1.807) is 24.5 Å². The van der Waals surface area contributed by atoms with Gasteiger partial charge in [-0.15, -0.1) is 11.3 Å². The number of thiophene rings is 1. The molecule has 0 bridgehead atoms. The van der Waals surface area contributed by atoms with Gasteiger partial charge in [-0.2, -0.15) is 0 Å². The largest absolute Gasteiger partial charge is 0.491 e. The Morgan fingerprint density at radius 2 is 2.11 bits per heavy atom. The van der Waals surface area contributed by atoms with Gasteiger partial charge in [-0.05, 0) is 62.0 Å². The third kappa shape index (κ3) is 5.45. The first kappa shape index (κ1) is 20.6. The van der Waals surface area contributed by atoms with Crippen LogP contribution in [0.4, 0.5) is 4.39 Å². The molecule has 1 aromatic carbocycles. The fraction of sp³-hybridized carbons (Fsp3) is 0.476. The van der Waals surface area contributed by atoms with Gasteiger partial charge in [-0.3, -0.25) is 9.89 Å². The summed E-state index contributed by atoms with van der Waals surface area (Å²) in [6.45, 7) is 5.86. The van der Waals surface area contributed by atoms with Crippen molar-refractivity contribution in [1.82, 2.24) is 15.5 Å². The minimum atomic E-state index is -0.337. The summed E-state index contributed by atoms with van der Waals surface area (Å²) in [4.78, 5) is 8.22. The summed E-state index contributed by atoms with van der Waals surface area (Å²) in [6.07, 6.45) is 2.52. The van der Waals surface area contributed by atoms with Crippen LogP contribution in [0.15, 0.2) is 40.7 Å². The highest BCUT2D eigenvalue weighted by atomic mass is 32.1. The average Bonchev–Trinajstić information content (AvgIpc) is 3.41. The van der Waals surface area contributed by atoms with Gasteiger partial charge >= 0.3 is 0 Å². The van der Waals surface area contributed by atoms with Gasteiger partial charge in [0.2, 0.25) is 0 Å². The lowest BCUT2D eigenvalue weighted by Gasteiger charge is -2.27. The van der Waals surface area contributed by atoms with E-state index in [1.165, 1.54) is 23.8 Å². The molecule has 1 saturated heterocycles. The molecule has 1 atom stereocenters. The van der Waals surface area contributed by atoms with Crippen LogP contribution in [-0.4, -0.2) is 44.1 Å². The standard InChI is InChI=1S/C21H29FN4OS/c1-3-27-19-9-8-16(13-17(19)22)14-24-21(23-2)25-15-18(20-7-6-12-28-20)26-10-4-5-11-26/h6-9,12-13,18H,3-5,10-11,14-15H2,1-2H3,(H2,23,24,25). The zero-order valence-electron chi connectivity index (χ0n) is 16.6. The van der Waals surface area contributed by atoms with E-state index in [0.717, 1.165) is 31.2 Å². The lowest BCUT2D eigenvalue weighted by molar-refractivity contribution is 0.249. The highest BCUT2D eigenvalue weighted by Crippen LogP contribution is 2.27. The Bertz CT molecular complexity index is 760. The van der Waals surface area contributed by atoms with Crippen LogP contribution in [0.3, 0.4) is 0 Å². The van der Waals surface area contributed by atoms with Gasteiger partial charge in [0.25, 0.3) is 0 Å². The van der Waals surface area contributed by atoms with Gasteiger partial charge in [-0.25, -0.2) is 4.39 Å². The van der Waals surface area contributed by atoms with Crippen LogP contribution in [0.1, 0.15) is 36.2 Å². The van der Waals surface area contributed by atoms with Crippen LogP contribution >= 0.6 is 11.3 Å². The summed E-state index contributed by atoms with van der Waals surface area (Å²) in [5.41, 5.74) is 0.846. The molecule has 1 unspecified atom stereocenters. The molecule has 1 aromatic heterocycles. The number of benzene rings is 1. The first-order valence-corrected chi connectivity index (χ1v) is 10.7. The lowest BCUT2D eigenvalue weighted by atomic mass is 10.2. The number of hydrogen-bond donors (Lipinski definition) is 2. The van der Waals surface area contributed by atoms with E-state index in [9.17, 15) is 4.39 Å². The number of aliphatic imine (C=N–C) groups is 1. The molecule has 28 heavy (non-hydrogen) atoms. The predicted molar refractivity (Wildman–Crippen MR) is 114 cm³/mol. The minimum absolute atomic E-state index is 0.290. The van der Waals surface area contributed by atoms with Gasteiger partial charge in [0.1, 0.15) is 0 Å². The molecule has 2 aromatic rings. The summed E-state index contributed by atoms with van der Waals surface area (Å²) in [6, 6.07) is 9.71. The van der Waals surface area contributed by atoms with Crippen molar-refractivity contribution in [2.45, 2.75) is 32.4 Å². The zero-order valence-corrected chi connectivity index (χ0v) is 17.4. The maximum absolute atomic E-state index is 14.0. The Kier molecular flexibility index (Phi) is 7.68. The third-order valence-electron chi connectivity index (χ3n) is 4.90. The monoisotopic (exact) mass is 404 g/mol. The molecule has 0 radical (unpaired) electrons. The van der Waals surface area contributed by atoms with Crippen LogP contribution in [0.5, 0.6) is 5.75 Å². The Morgan fingerprint density at radius 3 is 2.75 bits per heavy atom. The highest BCUT2D eigenvalue weighted by Gasteiger charge is 2.24. The number of nitrogens with one attached hydrogen (secondary N) is 2. The second-order valence-corrected chi connectivity index (χ2v) is 7.76. The van der Waals surface area contributed by atoms with Crippen molar-refractivity contribution in [3.05, 3.63) is 52.0 Å². The van der Waals surface area contributed by atoms with E-state index in [-0.39, 0.29) is 11.6 Å². The maximum atomic E-state index is 14.0. The number of likely N-dealkylation sites (tertiary alicyclic amines) is 1. The van der Waals surface area contributed by atoms with Crippen LogP contribution < -0.4 is 15.4 Å². The molecule has 0 amide bonds. The summed E-state index contributed by atoms with van der Waals surface area (Å²) >= 11 is 1.80. The molecule has 0 spiro atoms. The topological polar surface area (TPSA) is 48.9 Å².